The molecule has 0 bridgehead atoms. The molecule has 260 valence electrons. The lowest BCUT2D eigenvalue weighted by molar-refractivity contribution is -0.518. The van der Waals surface area contributed by atoms with Crippen molar-refractivity contribution >= 4 is 11.3 Å². The molecule has 4 N–H and O–H groups in total. The van der Waals surface area contributed by atoms with E-state index in [1.165, 1.54) is 0 Å². The molecule has 0 aliphatic heterocycles. The number of alkyl halides is 6. The van der Waals surface area contributed by atoms with Gasteiger partial charge in [0.05, 0.1) is 59.5 Å². The van der Waals surface area contributed by atoms with Gasteiger partial charge >= 0.3 is 18.5 Å². The van der Waals surface area contributed by atoms with Crippen LogP contribution < -0.4 is 0 Å². The minimum absolute atomic E-state index is 0.0353. The zero-order chi connectivity index (χ0) is 32.9. The fourth-order valence-electron chi connectivity index (χ4n) is 2.99. The Morgan fingerprint density at radius 3 is 1.66 bits per heavy atom. The second-order valence-corrected chi connectivity index (χ2v) is 10.2. The topological polar surface area (TPSA) is 155 Å². The Bertz CT molecular complexity index is 828. The molecule has 0 saturated carbocycles. The van der Waals surface area contributed by atoms with E-state index in [9.17, 15) is 41.7 Å². The molecule has 1 rings (SSSR count). The van der Waals surface area contributed by atoms with Gasteiger partial charge in [0.25, 0.3) is 0 Å². The second-order valence-electron chi connectivity index (χ2n) is 9.14. The molecule has 0 amide bonds. The molecule has 1 aromatic heterocycles. The largest absolute Gasteiger partial charge is 0.495 e. The van der Waals surface area contributed by atoms with E-state index in [2.05, 4.69) is 18.9 Å². The van der Waals surface area contributed by atoms with E-state index in [1.54, 1.807) is 11.3 Å². The first-order chi connectivity index (χ1) is 20.7. The second kappa shape index (κ2) is 22.3. The Morgan fingerprint density at radius 2 is 1.11 bits per heavy atom. The zero-order valence-electron chi connectivity index (χ0n) is 23.8. The van der Waals surface area contributed by atoms with Gasteiger partial charge in [0, 0.05) is 24.5 Å². The molecule has 0 saturated heterocycles. The van der Waals surface area contributed by atoms with Gasteiger partial charge in [-0.25, -0.2) is 9.47 Å². The van der Waals surface area contributed by atoms with E-state index in [-0.39, 0.29) is 59.3 Å². The van der Waals surface area contributed by atoms with E-state index in [0.717, 1.165) is 4.88 Å². The number of rotatable bonds is 29. The number of hydrogen-bond donors (Lipinski definition) is 4. The van der Waals surface area contributed by atoms with Crippen LogP contribution >= 0.6 is 11.3 Å². The van der Waals surface area contributed by atoms with Crippen molar-refractivity contribution < 1.29 is 84.7 Å². The number of aliphatic hydroxyl groups excluding tert-OH is 4. The highest BCUT2D eigenvalue weighted by Gasteiger charge is 2.52. The van der Waals surface area contributed by atoms with Crippen molar-refractivity contribution in [2.75, 3.05) is 85.9 Å². The highest BCUT2D eigenvalue weighted by Crippen LogP contribution is 2.33. The molecular formula is C25H40F6O12S. The van der Waals surface area contributed by atoms with Crippen LogP contribution in [-0.2, 0) is 44.3 Å². The van der Waals surface area contributed by atoms with Crippen LogP contribution in [0.15, 0.2) is 17.5 Å². The van der Waals surface area contributed by atoms with Crippen LogP contribution in [0.25, 0.3) is 0 Å². The first kappa shape index (κ1) is 40.8. The van der Waals surface area contributed by atoms with Crippen molar-refractivity contribution in [2.24, 2.45) is 0 Å². The standard InChI is InChI=1S/C25H40F6O12S/c26-23(27,42-25(30,31)43-24(28,29)18-41-16-21(35)11-36-6-2-5-32)17-39-9-8-38-13-20(34)15-40-14-19(33)12-37-7-4-22-3-1-10-44-22/h1,3,10,19-21,32-35H,2,4-9,11-18H2. The van der Waals surface area contributed by atoms with Gasteiger partial charge < -0.3 is 48.8 Å². The van der Waals surface area contributed by atoms with Gasteiger partial charge in [0.1, 0.15) is 31.5 Å². The minimum Gasteiger partial charge on any atom is -0.396 e. The summed E-state index contributed by atoms with van der Waals surface area (Å²) in [4.78, 5) is 1.15. The van der Waals surface area contributed by atoms with Crippen LogP contribution in [0.5, 0.6) is 0 Å². The van der Waals surface area contributed by atoms with E-state index in [1.807, 2.05) is 17.5 Å². The average Bonchev–Trinajstić information content (AvgIpc) is 3.43. The maximum Gasteiger partial charge on any atom is 0.495 e. The van der Waals surface area contributed by atoms with Crippen LogP contribution in [0.1, 0.15) is 11.3 Å². The quantitative estimate of drug-likeness (QED) is 0.0553. The van der Waals surface area contributed by atoms with Gasteiger partial charge in [-0.1, -0.05) is 6.07 Å². The summed E-state index contributed by atoms with van der Waals surface area (Å²) in [5, 5.41) is 39.6. The molecule has 0 aliphatic carbocycles. The van der Waals surface area contributed by atoms with Crippen molar-refractivity contribution in [2.45, 2.75) is 49.7 Å². The van der Waals surface area contributed by atoms with Crippen LogP contribution in [0.3, 0.4) is 0 Å². The van der Waals surface area contributed by atoms with Gasteiger partial charge in [-0.05, 0) is 17.9 Å². The Hall–Kier alpha value is -1.20. The maximum atomic E-state index is 13.7. The summed E-state index contributed by atoms with van der Waals surface area (Å²) >= 11 is 1.59. The first-order valence-corrected chi connectivity index (χ1v) is 14.3. The third-order valence-electron chi connectivity index (χ3n) is 4.83. The summed E-state index contributed by atoms with van der Waals surface area (Å²) in [5.41, 5.74) is 0. The van der Waals surface area contributed by atoms with Crippen LogP contribution in [0.4, 0.5) is 26.3 Å². The Morgan fingerprint density at radius 1 is 0.636 bits per heavy atom. The third kappa shape index (κ3) is 22.3. The van der Waals surface area contributed by atoms with E-state index < -0.39 is 63.3 Å². The molecule has 0 aliphatic rings. The van der Waals surface area contributed by atoms with Gasteiger partial charge in [0.15, 0.2) is 0 Å². The molecule has 12 nitrogen and oxygen atoms in total. The number of ether oxygens (including phenoxy) is 8. The van der Waals surface area contributed by atoms with E-state index in [0.29, 0.717) is 13.0 Å². The van der Waals surface area contributed by atoms with E-state index >= 15 is 0 Å². The van der Waals surface area contributed by atoms with Crippen LogP contribution in [0, 0.1) is 0 Å². The average molecular weight is 679 g/mol. The lowest BCUT2D eigenvalue weighted by Gasteiger charge is -2.26. The highest BCUT2D eigenvalue weighted by atomic mass is 32.1. The molecule has 3 atom stereocenters. The third-order valence-corrected chi connectivity index (χ3v) is 5.77. The molecular weight excluding hydrogens is 638 g/mol. The fraction of sp³-hybridized carbons (Fsp3) is 0.840. The fourth-order valence-corrected chi connectivity index (χ4v) is 3.68. The normalized spacial score (nSPS) is 15.0. The molecule has 1 heterocycles. The van der Waals surface area contributed by atoms with Gasteiger partial charge in [-0.2, -0.15) is 17.6 Å². The van der Waals surface area contributed by atoms with Gasteiger partial charge in [0.2, 0.25) is 0 Å². The SMILES string of the molecule is OCCCOCC(O)COCC(F)(F)OC(F)(F)OC(F)(F)COCCOCC(O)COCC(O)COCCc1cccs1. The zero-order valence-corrected chi connectivity index (χ0v) is 24.6. The molecule has 0 spiro atoms. The van der Waals surface area contributed by atoms with Crippen molar-refractivity contribution in [1.82, 2.24) is 0 Å². The van der Waals surface area contributed by atoms with Crippen LogP contribution in [0.2, 0.25) is 0 Å². The number of hydrogen-bond acceptors (Lipinski definition) is 13. The van der Waals surface area contributed by atoms with Crippen molar-refractivity contribution in [3.8, 4) is 0 Å². The van der Waals surface area contributed by atoms with E-state index in [4.69, 9.17) is 24.1 Å². The highest BCUT2D eigenvalue weighted by molar-refractivity contribution is 7.09. The molecule has 0 aromatic carbocycles. The molecule has 1 aromatic rings. The van der Waals surface area contributed by atoms with Crippen LogP contribution in [-0.4, -0.2) is 143 Å². The Labute approximate surface area is 254 Å². The molecule has 44 heavy (non-hydrogen) atoms. The molecule has 19 heteroatoms. The predicted octanol–water partition coefficient (Wildman–Crippen LogP) is 1.62. The lowest BCUT2D eigenvalue weighted by atomic mass is 10.3. The Kier molecular flexibility index (Phi) is 20.7. The van der Waals surface area contributed by atoms with Crippen molar-refractivity contribution in [1.29, 1.82) is 0 Å². The Balaban J connectivity index is 2.12. The van der Waals surface area contributed by atoms with Crippen molar-refractivity contribution in [3.05, 3.63) is 22.4 Å². The minimum atomic E-state index is -5.45. The van der Waals surface area contributed by atoms with Gasteiger partial charge in [-0.3, -0.25) is 0 Å². The smallest absolute Gasteiger partial charge is 0.396 e. The number of halogens is 6. The lowest BCUT2D eigenvalue weighted by Crippen LogP contribution is -2.44. The summed E-state index contributed by atoms with van der Waals surface area (Å²) in [5.74, 6) is 0. The summed E-state index contributed by atoms with van der Waals surface area (Å²) in [6, 6.07) is 3.89. The summed E-state index contributed by atoms with van der Waals surface area (Å²) < 4.78 is 117. The van der Waals surface area contributed by atoms with Gasteiger partial charge in [-0.15, -0.1) is 20.1 Å². The molecule has 0 radical (unpaired) electrons. The first-order valence-electron chi connectivity index (χ1n) is 13.4. The molecule has 0 fully saturated rings. The summed E-state index contributed by atoms with van der Waals surface area (Å²) in [6.45, 7) is -5.90. The summed E-state index contributed by atoms with van der Waals surface area (Å²) in [6.07, 6.45) is -17.5. The summed E-state index contributed by atoms with van der Waals surface area (Å²) in [7, 11) is 0. The predicted molar refractivity (Wildman–Crippen MR) is 140 cm³/mol. The maximum absolute atomic E-state index is 13.7. The van der Waals surface area contributed by atoms with Crippen molar-refractivity contribution in [3.63, 3.8) is 0 Å². The number of aliphatic hydroxyl groups is 4. The molecule has 3 unspecified atom stereocenters. The monoisotopic (exact) mass is 678 g/mol. The number of thiophene rings is 1.